The standard InChI is InChI=1S/C12H21N7O2/c13-11(4-2-6-17-12(14)18-19(20)21)9-16-8-10-3-1-5-15-7-10/h1,3,5,7,11,16H,2,4,6,8-9,13H2,(H3,14,17,18)/t11-/m0/s1. The second kappa shape index (κ2) is 9.61. The van der Waals surface area contributed by atoms with E-state index in [0.717, 1.165) is 24.9 Å². The van der Waals surface area contributed by atoms with Gasteiger partial charge in [0.2, 0.25) is 0 Å². The number of pyridine rings is 1. The number of nitrogens with one attached hydrogen (secondary N) is 2. The molecule has 1 atom stereocenters. The van der Waals surface area contributed by atoms with Crippen LogP contribution >= 0.6 is 0 Å². The molecular formula is C12H21N7O2. The number of guanidine groups is 1. The molecule has 9 heteroatoms. The van der Waals surface area contributed by atoms with Gasteiger partial charge in [0.25, 0.3) is 5.96 Å². The minimum absolute atomic E-state index is 0.00145. The molecule has 0 spiro atoms. The van der Waals surface area contributed by atoms with Crippen molar-refractivity contribution in [3.8, 4) is 0 Å². The SMILES string of the molecule is NC(=NCCC[C@H](N)CNCc1cccnc1)N[N+](=O)[O-]. The number of aliphatic imine (C=N–C) groups is 1. The molecule has 1 aromatic rings. The van der Waals surface area contributed by atoms with Crippen molar-refractivity contribution in [3.05, 3.63) is 40.2 Å². The van der Waals surface area contributed by atoms with Crippen molar-refractivity contribution in [2.75, 3.05) is 13.1 Å². The molecule has 1 aromatic heterocycles. The largest absolute Gasteiger partial charge is 0.365 e. The monoisotopic (exact) mass is 295 g/mol. The van der Waals surface area contributed by atoms with Gasteiger partial charge in [-0.25, -0.2) is 15.1 Å². The van der Waals surface area contributed by atoms with Crippen molar-refractivity contribution in [2.45, 2.75) is 25.4 Å². The first kappa shape index (κ1) is 16.8. The van der Waals surface area contributed by atoms with Gasteiger partial charge in [0.15, 0.2) is 5.03 Å². The molecule has 0 saturated carbocycles. The van der Waals surface area contributed by atoms with Crippen LogP contribution in [0, 0.1) is 10.1 Å². The van der Waals surface area contributed by atoms with Crippen LogP contribution in [-0.2, 0) is 6.54 Å². The molecule has 0 unspecified atom stereocenters. The summed E-state index contributed by atoms with van der Waals surface area (Å²) >= 11 is 0. The van der Waals surface area contributed by atoms with Crippen molar-refractivity contribution in [3.63, 3.8) is 0 Å². The molecule has 6 N–H and O–H groups in total. The van der Waals surface area contributed by atoms with Crippen molar-refractivity contribution < 1.29 is 5.03 Å². The normalized spacial score (nSPS) is 12.9. The third-order valence-electron chi connectivity index (χ3n) is 2.68. The van der Waals surface area contributed by atoms with Crippen molar-refractivity contribution in [1.29, 1.82) is 0 Å². The van der Waals surface area contributed by atoms with Crippen LogP contribution in [0.1, 0.15) is 18.4 Å². The van der Waals surface area contributed by atoms with Crippen molar-refractivity contribution in [1.82, 2.24) is 15.7 Å². The minimum atomic E-state index is -0.743. The predicted molar refractivity (Wildman–Crippen MR) is 79.8 cm³/mol. The Morgan fingerprint density at radius 2 is 2.38 bits per heavy atom. The van der Waals surface area contributed by atoms with E-state index in [-0.39, 0.29) is 12.0 Å². The highest BCUT2D eigenvalue weighted by molar-refractivity contribution is 5.76. The van der Waals surface area contributed by atoms with Gasteiger partial charge in [-0.05, 0) is 24.5 Å². The molecule has 0 aromatic carbocycles. The number of nitrogens with zero attached hydrogens (tertiary/aromatic N) is 3. The van der Waals surface area contributed by atoms with E-state index >= 15 is 0 Å². The molecule has 21 heavy (non-hydrogen) atoms. The molecule has 1 rings (SSSR count). The third kappa shape index (κ3) is 8.50. The lowest BCUT2D eigenvalue weighted by Gasteiger charge is -2.12. The minimum Gasteiger partial charge on any atom is -0.365 e. The van der Waals surface area contributed by atoms with Crippen molar-refractivity contribution in [2.24, 2.45) is 16.5 Å². The number of hydrogen-bond acceptors (Lipinski definition) is 6. The Kier molecular flexibility index (Phi) is 7.69. The summed E-state index contributed by atoms with van der Waals surface area (Å²) < 4.78 is 0. The first-order valence-corrected chi connectivity index (χ1v) is 6.64. The summed E-state index contributed by atoms with van der Waals surface area (Å²) in [7, 11) is 0. The molecule has 0 amide bonds. The van der Waals surface area contributed by atoms with E-state index in [2.05, 4.69) is 15.3 Å². The van der Waals surface area contributed by atoms with Crippen LogP contribution in [-0.4, -0.2) is 35.1 Å². The van der Waals surface area contributed by atoms with E-state index in [1.807, 2.05) is 12.1 Å². The van der Waals surface area contributed by atoms with Crippen LogP contribution in [0.4, 0.5) is 0 Å². The summed E-state index contributed by atoms with van der Waals surface area (Å²) in [6.07, 6.45) is 5.01. The van der Waals surface area contributed by atoms with Gasteiger partial charge < -0.3 is 16.8 Å². The molecule has 0 aliphatic rings. The van der Waals surface area contributed by atoms with Gasteiger partial charge in [0.05, 0.1) is 0 Å². The van der Waals surface area contributed by atoms with E-state index in [4.69, 9.17) is 11.5 Å². The van der Waals surface area contributed by atoms with Gasteiger partial charge in [-0.1, -0.05) is 11.5 Å². The van der Waals surface area contributed by atoms with E-state index in [0.29, 0.717) is 13.1 Å². The number of nitrogens with two attached hydrogens (primary N) is 2. The molecule has 0 bridgehead atoms. The zero-order valence-corrected chi connectivity index (χ0v) is 11.7. The second-order valence-corrected chi connectivity index (χ2v) is 4.53. The fourth-order valence-electron chi connectivity index (χ4n) is 1.69. The molecular weight excluding hydrogens is 274 g/mol. The van der Waals surface area contributed by atoms with Crippen LogP contribution < -0.4 is 22.2 Å². The maximum Gasteiger partial charge on any atom is 0.251 e. The van der Waals surface area contributed by atoms with Gasteiger partial charge in [-0.2, -0.15) is 0 Å². The summed E-state index contributed by atoms with van der Waals surface area (Å²) in [6.45, 7) is 1.81. The predicted octanol–water partition coefficient (Wildman–Crippen LogP) is -0.625. The first-order chi connectivity index (χ1) is 10.1. The molecule has 1 heterocycles. The number of aromatic nitrogens is 1. The number of hydrogen-bond donors (Lipinski definition) is 4. The molecule has 0 aliphatic heterocycles. The molecule has 9 nitrogen and oxygen atoms in total. The quantitative estimate of drug-likeness (QED) is 0.156. The highest BCUT2D eigenvalue weighted by Gasteiger charge is 2.03. The maximum absolute atomic E-state index is 10.1. The van der Waals surface area contributed by atoms with E-state index < -0.39 is 5.03 Å². The first-order valence-electron chi connectivity index (χ1n) is 6.64. The van der Waals surface area contributed by atoms with Crippen LogP contribution in [0.5, 0.6) is 0 Å². The molecule has 116 valence electrons. The number of rotatable bonds is 9. The summed E-state index contributed by atoms with van der Waals surface area (Å²) in [5.74, 6) is -0.191. The Balaban J connectivity index is 2.08. The van der Waals surface area contributed by atoms with Crippen LogP contribution in [0.15, 0.2) is 29.5 Å². The molecule has 0 aliphatic carbocycles. The summed E-state index contributed by atoms with van der Waals surface area (Å²) in [6, 6.07) is 3.88. The zero-order valence-electron chi connectivity index (χ0n) is 11.7. The zero-order chi connectivity index (χ0) is 15.5. The average molecular weight is 295 g/mol. The Hall–Kier alpha value is -2.26. The smallest absolute Gasteiger partial charge is 0.251 e. The topological polar surface area (TPSA) is 144 Å². The Bertz CT molecular complexity index is 452. The van der Waals surface area contributed by atoms with Gasteiger partial charge >= 0.3 is 0 Å². The Morgan fingerprint density at radius 1 is 1.57 bits per heavy atom. The van der Waals surface area contributed by atoms with Gasteiger partial charge in [-0.3, -0.25) is 4.98 Å². The number of nitro groups is 1. The molecule has 0 radical (unpaired) electrons. The third-order valence-corrected chi connectivity index (χ3v) is 2.68. The average Bonchev–Trinajstić information content (AvgIpc) is 2.44. The Morgan fingerprint density at radius 3 is 3.05 bits per heavy atom. The lowest BCUT2D eigenvalue weighted by molar-refractivity contribution is -0.525. The van der Waals surface area contributed by atoms with Crippen LogP contribution in [0.25, 0.3) is 0 Å². The van der Waals surface area contributed by atoms with Crippen molar-refractivity contribution >= 4 is 5.96 Å². The fourth-order valence-corrected chi connectivity index (χ4v) is 1.69. The highest BCUT2D eigenvalue weighted by atomic mass is 16.7. The van der Waals surface area contributed by atoms with Crippen LogP contribution in [0.3, 0.4) is 0 Å². The molecule has 0 saturated heterocycles. The van der Waals surface area contributed by atoms with E-state index in [1.54, 1.807) is 17.8 Å². The van der Waals surface area contributed by atoms with E-state index in [9.17, 15) is 10.1 Å². The van der Waals surface area contributed by atoms with Gasteiger partial charge in [0.1, 0.15) is 0 Å². The maximum atomic E-state index is 10.1. The van der Waals surface area contributed by atoms with Gasteiger partial charge in [-0.15, -0.1) is 0 Å². The summed E-state index contributed by atoms with van der Waals surface area (Å²) in [4.78, 5) is 17.9. The highest BCUT2D eigenvalue weighted by Crippen LogP contribution is 1.97. The molecule has 0 fully saturated rings. The number of hydrazine groups is 1. The lowest BCUT2D eigenvalue weighted by atomic mass is 10.1. The van der Waals surface area contributed by atoms with Gasteiger partial charge in [0, 0.05) is 38.1 Å². The summed E-state index contributed by atoms with van der Waals surface area (Å²) in [5.41, 5.74) is 14.1. The fraction of sp³-hybridized carbons (Fsp3) is 0.500. The second-order valence-electron chi connectivity index (χ2n) is 4.53. The summed E-state index contributed by atoms with van der Waals surface area (Å²) in [5, 5.41) is 12.6. The van der Waals surface area contributed by atoms with Crippen LogP contribution in [0.2, 0.25) is 0 Å². The Labute approximate surface area is 123 Å². The lowest BCUT2D eigenvalue weighted by Crippen LogP contribution is -2.36. The van der Waals surface area contributed by atoms with E-state index in [1.165, 1.54) is 0 Å².